The molecule has 4 bridgehead atoms. The first-order valence-corrected chi connectivity index (χ1v) is 15.5. The number of carbonyl (C=O) groups excluding carboxylic acids is 1. The Morgan fingerprint density at radius 1 is 1.02 bits per heavy atom. The first-order valence-electron chi connectivity index (χ1n) is 15.1. The van der Waals surface area contributed by atoms with Crippen molar-refractivity contribution >= 4 is 23.3 Å². The number of halogens is 1. The van der Waals surface area contributed by atoms with Crippen molar-refractivity contribution < 1.29 is 19.0 Å². The van der Waals surface area contributed by atoms with Crippen LogP contribution < -0.4 is 9.64 Å². The molecule has 2 aromatic carbocycles. The molecule has 7 rings (SSSR count). The summed E-state index contributed by atoms with van der Waals surface area (Å²) in [6.07, 6.45) is 10.4. The molecule has 0 N–H and O–H groups in total. The van der Waals surface area contributed by atoms with E-state index >= 15 is 0 Å². The van der Waals surface area contributed by atoms with Crippen LogP contribution in [0.1, 0.15) is 86.7 Å². The van der Waals surface area contributed by atoms with Crippen LogP contribution in [0.5, 0.6) is 5.75 Å². The first kappa shape index (κ1) is 27.7. The average Bonchev–Trinajstić information content (AvgIpc) is 3.06. The summed E-state index contributed by atoms with van der Waals surface area (Å²) in [6.45, 7) is 8.84. The number of aryl methyl sites for hydroxylation is 1. The molecule has 214 valence electrons. The Hall–Kier alpha value is -2.50. The quantitative estimate of drug-likeness (QED) is 0.280. The van der Waals surface area contributed by atoms with E-state index in [1.54, 1.807) is 5.57 Å². The fraction of sp³-hybridized carbons (Fsp3) is 0.559. The van der Waals surface area contributed by atoms with E-state index in [0.29, 0.717) is 30.6 Å². The molecule has 1 fully saturated rings. The highest BCUT2D eigenvalue weighted by Gasteiger charge is 2.37. The molecule has 5 aliphatic rings. The predicted molar refractivity (Wildman–Crippen MR) is 159 cm³/mol. The van der Waals surface area contributed by atoms with E-state index in [1.165, 1.54) is 36.8 Å². The van der Waals surface area contributed by atoms with Gasteiger partial charge in [0.05, 0.1) is 24.5 Å². The number of benzene rings is 2. The number of rotatable bonds is 3. The van der Waals surface area contributed by atoms with Gasteiger partial charge in [-0.1, -0.05) is 42.7 Å². The lowest BCUT2D eigenvalue weighted by Gasteiger charge is -2.43. The Morgan fingerprint density at radius 2 is 1.85 bits per heavy atom. The van der Waals surface area contributed by atoms with Gasteiger partial charge in [0.25, 0.3) is 0 Å². The van der Waals surface area contributed by atoms with Crippen LogP contribution in [0.25, 0.3) is 0 Å². The van der Waals surface area contributed by atoms with E-state index in [4.69, 9.17) is 25.8 Å². The van der Waals surface area contributed by atoms with Gasteiger partial charge < -0.3 is 19.1 Å². The monoisotopic (exact) mass is 563 g/mol. The molecule has 6 heteroatoms. The van der Waals surface area contributed by atoms with Gasteiger partial charge in [-0.05, 0) is 97.7 Å². The lowest BCUT2D eigenvalue weighted by molar-refractivity contribution is -0.180. The van der Waals surface area contributed by atoms with Gasteiger partial charge in [0.15, 0.2) is 0 Å². The molecule has 0 aromatic heterocycles. The van der Waals surface area contributed by atoms with Gasteiger partial charge in [0.2, 0.25) is 5.79 Å². The maximum Gasteiger partial charge on any atom is 0.340 e. The summed E-state index contributed by atoms with van der Waals surface area (Å²) in [6, 6.07) is 12.0. The zero-order chi connectivity index (χ0) is 27.9. The molecule has 4 atom stereocenters. The Kier molecular flexibility index (Phi) is 7.89. The number of anilines is 1. The minimum atomic E-state index is -0.987. The highest BCUT2D eigenvalue weighted by atomic mass is 35.5. The van der Waals surface area contributed by atoms with E-state index < -0.39 is 5.79 Å². The van der Waals surface area contributed by atoms with Crippen molar-refractivity contribution in [2.75, 3.05) is 31.2 Å². The second-order valence-electron chi connectivity index (χ2n) is 12.7. The second kappa shape index (κ2) is 11.4. The summed E-state index contributed by atoms with van der Waals surface area (Å²) in [4.78, 5) is 15.8. The van der Waals surface area contributed by atoms with Crippen LogP contribution in [0.4, 0.5) is 5.69 Å². The van der Waals surface area contributed by atoms with Gasteiger partial charge in [0, 0.05) is 37.9 Å². The summed E-state index contributed by atoms with van der Waals surface area (Å²) < 4.78 is 18.4. The third-order valence-corrected chi connectivity index (χ3v) is 9.54. The summed E-state index contributed by atoms with van der Waals surface area (Å²) >= 11 is 6.41. The number of allylic oxidation sites excluding steroid dienone is 2. The lowest BCUT2D eigenvalue weighted by atomic mass is 9.67. The smallest absolute Gasteiger partial charge is 0.340 e. The number of hydrogen-bond donors (Lipinski definition) is 0. The number of nitrogens with zero attached hydrogens (tertiary/aromatic N) is 1. The van der Waals surface area contributed by atoms with Gasteiger partial charge in [-0.2, -0.15) is 0 Å². The van der Waals surface area contributed by atoms with E-state index in [9.17, 15) is 4.79 Å². The van der Waals surface area contributed by atoms with E-state index in [-0.39, 0.29) is 11.9 Å². The van der Waals surface area contributed by atoms with Crippen LogP contribution in [0.3, 0.4) is 0 Å². The molecule has 1 saturated carbocycles. The molecule has 4 unspecified atom stereocenters. The third-order valence-electron chi connectivity index (χ3n) is 9.31. The SMILES string of the molecule is CCCc1cc(Cl)ccc1C1COc2ccc3cc2N(C1)CC1CCC1CC1=CC(CCOC(C)(C)OC3=O)C1. The normalized spacial score (nSPS) is 27.9. The third kappa shape index (κ3) is 5.92. The standard InChI is InChI=1S/C34H42ClNO4/c1-4-5-25-17-29(35)9-10-30(25)28-20-36-19-27-7-6-24(27)16-23-14-22(15-23)12-13-39-34(2,3)40-33(37)26-8-11-32(38-21-28)31(36)18-26/h8-11,14,17-18,22,24,27-28H,4-7,12-13,15-16,19-21H2,1-3H3. The van der Waals surface area contributed by atoms with Crippen molar-refractivity contribution in [3.8, 4) is 5.75 Å². The van der Waals surface area contributed by atoms with E-state index in [1.807, 2.05) is 38.1 Å². The van der Waals surface area contributed by atoms with Crippen molar-refractivity contribution in [2.45, 2.75) is 77.4 Å². The highest BCUT2D eigenvalue weighted by Crippen LogP contribution is 2.45. The predicted octanol–water partition coefficient (Wildman–Crippen LogP) is 7.95. The zero-order valence-electron chi connectivity index (χ0n) is 24.1. The number of hydrogen-bond acceptors (Lipinski definition) is 5. The molecule has 0 radical (unpaired) electrons. The first-order chi connectivity index (χ1) is 19.3. The maximum absolute atomic E-state index is 13.3. The molecule has 3 aliphatic heterocycles. The largest absolute Gasteiger partial charge is 0.491 e. The van der Waals surface area contributed by atoms with Crippen molar-refractivity contribution in [2.24, 2.45) is 17.8 Å². The number of ether oxygens (including phenoxy) is 3. The van der Waals surface area contributed by atoms with Crippen LogP contribution in [-0.2, 0) is 15.9 Å². The van der Waals surface area contributed by atoms with Crippen LogP contribution in [0.2, 0.25) is 5.02 Å². The van der Waals surface area contributed by atoms with Crippen LogP contribution >= 0.6 is 11.6 Å². The zero-order valence-corrected chi connectivity index (χ0v) is 24.8. The van der Waals surface area contributed by atoms with Gasteiger partial charge >= 0.3 is 5.97 Å². The van der Waals surface area contributed by atoms with E-state index in [2.05, 4.69) is 30.0 Å². The van der Waals surface area contributed by atoms with Gasteiger partial charge in [-0.25, -0.2) is 4.79 Å². The van der Waals surface area contributed by atoms with Gasteiger partial charge in [-0.15, -0.1) is 0 Å². The fourth-order valence-electron chi connectivity index (χ4n) is 6.95. The molecule has 40 heavy (non-hydrogen) atoms. The van der Waals surface area contributed by atoms with Crippen molar-refractivity contribution in [3.05, 3.63) is 69.8 Å². The van der Waals surface area contributed by atoms with Crippen LogP contribution in [0, 0.1) is 17.8 Å². The molecule has 0 amide bonds. The number of esters is 1. The molecule has 3 heterocycles. The molecule has 2 aliphatic carbocycles. The van der Waals surface area contributed by atoms with Crippen LogP contribution in [0.15, 0.2) is 48.0 Å². The van der Waals surface area contributed by atoms with Crippen molar-refractivity contribution in [1.82, 2.24) is 0 Å². The van der Waals surface area contributed by atoms with Crippen molar-refractivity contribution in [1.29, 1.82) is 0 Å². The van der Waals surface area contributed by atoms with Crippen LogP contribution in [-0.4, -0.2) is 38.1 Å². The second-order valence-corrected chi connectivity index (χ2v) is 13.1. The minimum Gasteiger partial charge on any atom is -0.491 e. The maximum atomic E-state index is 13.3. The molecule has 0 spiro atoms. The topological polar surface area (TPSA) is 48.0 Å². The summed E-state index contributed by atoms with van der Waals surface area (Å²) in [7, 11) is 0. The van der Waals surface area contributed by atoms with E-state index in [0.717, 1.165) is 54.7 Å². The lowest BCUT2D eigenvalue weighted by Crippen LogP contribution is -2.40. The Bertz CT molecular complexity index is 1290. The van der Waals surface area contributed by atoms with Gasteiger partial charge in [-0.3, -0.25) is 0 Å². The number of carbonyl (C=O) groups is 1. The average molecular weight is 564 g/mol. The highest BCUT2D eigenvalue weighted by molar-refractivity contribution is 6.30. The Morgan fingerprint density at radius 3 is 2.62 bits per heavy atom. The molecular weight excluding hydrogens is 522 g/mol. The summed E-state index contributed by atoms with van der Waals surface area (Å²) in [5, 5.41) is 0.783. The number of fused-ring (bicyclic) bond motifs is 5. The molecular formula is C34H42ClNO4. The summed E-state index contributed by atoms with van der Waals surface area (Å²) in [5.41, 5.74) is 5.75. The molecule has 2 aromatic rings. The van der Waals surface area contributed by atoms with Gasteiger partial charge in [0.1, 0.15) is 5.75 Å². The summed E-state index contributed by atoms with van der Waals surface area (Å²) in [5.74, 6) is 1.62. The fourth-order valence-corrected chi connectivity index (χ4v) is 7.14. The minimum absolute atomic E-state index is 0.205. The Balaban J connectivity index is 1.34. The molecule has 5 nitrogen and oxygen atoms in total. The van der Waals surface area contributed by atoms with Crippen molar-refractivity contribution in [3.63, 3.8) is 0 Å². The Labute approximate surface area is 243 Å². The molecule has 0 saturated heterocycles.